The van der Waals surface area contributed by atoms with E-state index in [1.54, 1.807) is 0 Å². The molecule has 1 saturated carbocycles. The number of carbonyl (C=O) groups excluding carboxylic acids is 1. The molecule has 2 rings (SSSR count). The Labute approximate surface area is 162 Å². The lowest BCUT2D eigenvalue weighted by molar-refractivity contribution is -0.127. The molecule has 3 heteroatoms. The molecule has 0 saturated heterocycles. The number of amides is 1. The van der Waals surface area contributed by atoms with Crippen molar-refractivity contribution in [1.29, 1.82) is 0 Å². The molecule has 1 fully saturated rings. The van der Waals surface area contributed by atoms with Crippen molar-refractivity contribution in [1.82, 2.24) is 10.2 Å². The molecule has 1 aliphatic heterocycles. The highest BCUT2D eigenvalue weighted by atomic mass is 16.2. The summed E-state index contributed by atoms with van der Waals surface area (Å²) in [5.74, 6) is 0.875. The molecule has 1 N–H and O–H groups in total. The fourth-order valence-corrected chi connectivity index (χ4v) is 4.34. The van der Waals surface area contributed by atoms with Gasteiger partial charge in [-0.3, -0.25) is 10.1 Å². The predicted octanol–water partition coefficient (Wildman–Crippen LogP) is 5.80. The van der Waals surface area contributed by atoms with E-state index in [0.717, 1.165) is 18.5 Å². The first kappa shape index (κ1) is 21.5. The van der Waals surface area contributed by atoms with Crippen molar-refractivity contribution >= 4 is 5.91 Å². The Morgan fingerprint density at radius 2 is 1.42 bits per heavy atom. The molecule has 1 unspecified atom stereocenters. The van der Waals surface area contributed by atoms with Crippen molar-refractivity contribution in [3.05, 3.63) is 11.1 Å². The van der Waals surface area contributed by atoms with E-state index in [1.807, 2.05) is 6.92 Å². The van der Waals surface area contributed by atoms with Crippen LogP contribution in [0.5, 0.6) is 0 Å². The summed E-state index contributed by atoms with van der Waals surface area (Å²) in [5.41, 5.74) is 2.20. The van der Waals surface area contributed by atoms with Gasteiger partial charge in [0.15, 0.2) is 0 Å². The third-order valence-corrected chi connectivity index (χ3v) is 6.34. The van der Waals surface area contributed by atoms with Crippen molar-refractivity contribution in [3.8, 4) is 0 Å². The molecule has 1 amide bonds. The Morgan fingerprint density at radius 1 is 0.923 bits per heavy atom. The lowest BCUT2D eigenvalue weighted by Gasteiger charge is -2.32. The number of rotatable bonds is 5. The number of hydrogen-bond acceptors (Lipinski definition) is 2. The van der Waals surface area contributed by atoms with Crippen molar-refractivity contribution in [2.45, 2.75) is 117 Å². The van der Waals surface area contributed by atoms with Crippen LogP contribution in [0.3, 0.4) is 0 Å². The van der Waals surface area contributed by atoms with Crippen LogP contribution in [0.1, 0.15) is 105 Å². The van der Waals surface area contributed by atoms with Crippen molar-refractivity contribution in [2.24, 2.45) is 5.92 Å². The summed E-state index contributed by atoms with van der Waals surface area (Å²) in [4.78, 5) is 14.8. The van der Waals surface area contributed by atoms with Gasteiger partial charge >= 0.3 is 0 Å². The Bertz CT molecular complexity index is 457. The van der Waals surface area contributed by atoms with Gasteiger partial charge in [0.25, 0.3) is 5.91 Å². The van der Waals surface area contributed by atoms with Gasteiger partial charge in [-0.05, 0) is 44.6 Å². The van der Waals surface area contributed by atoms with Crippen LogP contribution in [-0.4, -0.2) is 29.6 Å². The summed E-state index contributed by atoms with van der Waals surface area (Å²) in [6, 6.07) is 0.551. The maximum atomic E-state index is 12.7. The molecule has 0 spiro atoms. The van der Waals surface area contributed by atoms with Gasteiger partial charge in [0, 0.05) is 18.2 Å². The van der Waals surface area contributed by atoms with Gasteiger partial charge in [-0.15, -0.1) is 0 Å². The largest absolute Gasteiger partial charge is 0.319 e. The van der Waals surface area contributed by atoms with Crippen LogP contribution in [0.2, 0.25) is 0 Å². The molecule has 26 heavy (non-hydrogen) atoms. The summed E-state index contributed by atoms with van der Waals surface area (Å²) in [6.07, 6.45) is 16.2. The molecule has 1 atom stereocenters. The van der Waals surface area contributed by atoms with Crippen LogP contribution in [0.15, 0.2) is 11.1 Å². The normalized spacial score (nSPS) is 24.9. The second kappa shape index (κ2) is 11.1. The minimum Gasteiger partial charge on any atom is -0.319 e. The Balaban J connectivity index is 1.98. The van der Waals surface area contributed by atoms with Gasteiger partial charge in [-0.1, -0.05) is 71.6 Å². The van der Waals surface area contributed by atoms with E-state index in [1.165, 1.54) is 76.2 Å². The number of hydrogen-bond donors (Lipinski definition) is 1. The van der Waals surface area contributed by atoms with Crippen LogP contribution >= 0.6 is 0 Å². The summed E-state index contributed by atoms with van der Waals surface area (Å²) in [7, 11) is 0. The lowest BCUT2D eigenvalue weighted by Crippen LogP contribution is -2.49. The highest BCUT2D eigenvalue weighted by Crippen LogP contribution is 2.26. The molecular formula is C23H42N2O. The molecule has 0 aromatic rings. The van der Waals surface area contributed by atoms with Crippen molar-refractivity contribution in [2.75, 3.05) is 6.54 Å². The summed E-state index contributed by atoms with van der Waals surface area (Å²) >= 11 is 0. The SMILES string of the molecule is CC1=C(C)C(NC2CCCCCCCCCCC2)N(CCC(C)C)C1=O. The number of carbonyl (C=O) groups is 1. The molecule has 3 nitrogen and oxygen atoms in total. The molecule has 0 aromatic heterocycles. The van der Waals surface area contributed by atoms with Crippen molar-refractivity contribution < 1.29 is 4.79 Å². The van der Waals surface area contributed by atoms with E-state index in [0.29, 0.717) is 12.0 Å². The molecule has 0 radical (unpaired) electrons. The Morgan fingerprint density at radius 3 is 1.92 bits per heavy atom. The average Bonchev–Trinajstić information content (AvgIpc) is 2.79. The summed E-state index contributed by atoms with van der Waals surface area (Å²) in [6.45, 7) is 9.50. The summed E-state index contributed by atoms with van der Waals surface area (Å²) < 4.78 is 0. The van der Waals surface area contributed by atoms with Crippen LogP contribution in [0.4, 0.5) is 0 Å². The predicted molar refractivity (Wildman–Crippen MR) is 111 cm³/mol. The molecule has 1 heterocycles. The first-order valence-electron chi connectivity index (χ1n) is 11.2. The van der Waals surface area contributed by atoms with Crippen LogP contribution in [0.25, 0.3) is 0 Å². The van der Waals surface area contributed by atoms with Crippen LogP contribution < -0.4 is 5.32 Å². The van der Waals surface area contributed by atoms with Crippen LogP contribution in [0, 0.1) is 5.92 Å². The molecular weight excluding hydrogens is 320 g/mol. The van der Waals surface area contributed by atoms with Crippen molar-refractivity contribution in [3.63, 3.8) is 0 Å². The van der Waals surface area contributed by atoms with E-state index in [-0.39, 0.29) is 12.1 Å². The Hall–Kier alpha value is -0.830. The standard InChI is InChI=1S/C23H42N2O/c1-18(2)16-17-25-22(19(3)20(4)23(25)26)24-21-14-12-10-8-6-5-7-9-11-13-15-21/h18,21-22,24H,5-17H2,1-4H3. The second-order valence-corrected chi connectivity index (χ2v) is 9.01. The first-order chi connectivity index (χ1) is 12.5. The maximum Gasteiger partial charge on any atom is 0.251 e. The zero-order chi connectivity index (χ0) is 18.9. The minimum absolute atomic E-state index is 0.124. The average molecular weight is 363 g/mol. The van der Waals surface area contributed by atoms with Gasteiger partial charge in [0.1, 0.15) is 6.17 Å². The first-order valence-corrected chi connectivity index (χ1v) is 11.2. The highest BCUT2D eigenvalue weighted by molar-refractivity contribution is 5.96. The molecule has 1 aliphatic carbocycles. The smallest absolute Gasteiger partial charge is 0.251 e. The van der Waals surface area contributed by atoms with E-state index < -0.39 is 0 Å². The second-order valence-electron chi connectivity index (χ2n) is 9.01. The third-order valence-electron chi connectivity index (χ3n) is 6.34. The molecule has 0 aromatic carbocycles. The summed E-state index contributed by atoms with van der Waals surface area (Å²) in [5, 5.41) is 3.90. The van der Waals surface area contributed by atoms with Gasteiger partial charge < -0.3 is 4.90 Å². The fraction of sp³-hybridized carbons (Fsp3) is 0.870. The highest BCUT2D eigenvalue weighted by Gasteiger charge is 2.35. The van der Waals surface area contributed by atoms with E-state index in [4.69, 9.17) is 0 Å². The molecule has 0 bridgehead atoms. The van der Waals surface area contributed by atoms with E-state index in [9.17, 15) is 4.79 Å². The monoisotopic (exact) mass is 362 g/mol. The third kappa shape index (κ3) is 6.40. The van der Waals surface area contributed by atoms with Gasteiger partial charge in [0.2, 0.25) is 0 Å². The fourth-order valence-electron chi connectivity index (χ4n) is 4.34. The van der Waals surface area contributed by atoms with Crippen LogP contribution in [-0.2, 0) is 4.79 Å². The number of nitrogens with zero attached hydrogens (tertiary/aromatic N) is 1. The number of nitrogens with one attached hydrogen (secondary N) is 1. The molecule has 150 valence electrons. The van der Waals surface area contributed by atoms with Gasteiger partial charge in [-0.2, -0.15) is 0 Å². The zero-order valence-electron chi connectivity index (χ0n) is 17.8. The lowest BCUT2D eigenvalue weighted by atomic mass is 9.97. The quantitative estimate of drug-likeness (QED) is 0.670. The van der Waals surface area contributed by atoms with Gasteiger partial charge in [0.05, 0.1) is 0 Å². The zero-order valence-corrected chi connectivity index (χ0v) is 17.8. The Kier molecular flexibility index (Phi) is 9.18. The van der Waals surface area contributed by atoms with E-state index >= 15 is 0 Å². The topological polar surface area (TPSA) is 32.3 Å². The molecule has 2 aliphatic rings. The maximum absolute atomic E-state index is 12.7. The van der Waals surface area contributed by atoms with Gasteiger partial charge in [-0.25, -0.2) is 0 Å². The van der Waals surface area contributed by atoms with E-state index in [2.05, 4.69) is 31.0 Å². The minimum atomic E-state index is 0.124.